The molecule has 0 unspecified atom stereocenters. The van der Waals surface area contributed by atoms with E-state index >= 15 is 0 Å². The molecular formula is C15H25FIN3O. The fraction of sp³-hybridized carbons (Fsp3) is 0.533. The van der Waals surface area contributed by atoms with E-state index < -0.39 is 0 Å². The fourth-order valence-electron chi connectivity index (χ4n) is 1.80. The zero-order valence-corrected chi connectivity index (χ0v) is 15.5. The van der Waals surface area contributed by atoms with Gasteiger partial charge >= 0.3 is 0 Å². The maximum atomic E-state index is 12.7. The van der Waals surface area contributed by atoms with E-state index in [1.54, 1.807) is 12.1 Å². The van der Waals surface area contributed by atoms with E-state index in [-0.39, 0.29) is 29.8 Å². The van der Waals surface area contributed by atoms with Gasteiger partial charge in [0, 0.05) is 34.7 Å². The van der Waals surface area contributed by atoms with Crippen LogP contribution >= 0.6 is 24.0 Å². The van der Waals surface area contributed by atoms with Gasteiger partial charge in [-0.2, -0.15) is 0 Å². The quantitative estimate of drug-likeness (QED) is 0.313. The average molecular weight is 409 g/mol. The van der Waals surface area contributed by atoms with Crippen LogP contribution in [-0.4, -0.2) is 57.1 Å². The van der Waals surface area contributed by atoms with Crippen LogP contribution in [0.3, 0.4) is 0 Å². The first-order valence-corrected chi connectivity index (χ1v) is 6.78. The molecule has 0 saturated carbocycles. The van der Waals surface area contributed by atoms with Crippen molar-refractivity contribution in [2.45, 2.75) is 12.8 Å². The summed E-state index contributed by atoms with van der Waals surface area (Å²) in [6, 6.07) is 6.09. The van der Waals surface area contributed by atoms with Crippen LogP contribution in [0.15, 0.2) is 29.3 Å². The number of halogens is 2. The Morgan fingerprint density at radius 3 is 2.14 bits per heavy atom. The van der Waals surface area contributed by atoms with Crippen LogP contribution in [0.1, 0.15) is 12.8 Å². The molecule has 0 heterocycles. The molecule has 0 atom stereocenters. The number of hydrogen-bond donors (Lipinski definition) is 0. The molecule has 0 radical (unpaired) electrons. The lowest BCUT2D eigenvalue weighted by atomic mass is 10.3. The summed E-state index contributed by atoms with van der Waals surface area (Å²) in [5.41, 5.74) is 0. The van der Waals surface area contributed by atoms with E-state index in [0.717, 1.165) is 25.3 Å². The van der Waals surface area contributed by atoms with Crippen LogP contribution in [0.4, 0.5) is 4.39 Å². The van der Waals surface area contributed by atoms with Crippen molar-refractivity contribution < 1.29 is 9.13 Å². The molecule has 1 aromatic rings. The number of nitrogens with zero attached hydrogens (tertiary/aromatic N) is 3. The van der Waals surface area contributed by atoms with Gasteiger partial charge in [0.2, 0.25) is 0 Å². The molecule has 21 heavy (non-hydrogen) atoms. The Bertz CT molecular complexity index is 411. The largest absolute Gasteiger partial charge is 0.494 e. The van der Waals surface area contributed by atoms with E-state index in [1.807, 2.05) is 38.0 Å². The van der Waals surface area contributed by atoms with Gasteiger partial charge in [-0.05, 0) is 37.1 Å². The highest BCUT2D eigenvalue weighted by molar-refractivity contribution is 14.0. The highest BCUT2D eigenvalue weighted by atomic mass is 127. The lowest BCUT2D eigenvalue weighted by molar-refractivity contribution is 0.307. The number of unbranched alkanes of at least 4 members (excludes halogenated alkanes) is 1. The zero-order chi connectivity index (χ0) is 15.0. The summed E-state index contributed by atoms with van der Waals surface area (Å²) in [5, 5.41) is 0. The van der Waals surface area contributed by atoms with Crippen LogP contribution < -0.4 is 4.74 Å². The van der Waals surface area contributed by atoms with Crippen molar-refractivity contribution in [3.63, 3.8) is 0 Å². The standard InChI is InChI=1S/C15H24FN3O.HI/c1-18(2)15(19(3)4)17-11-5-6-12-20-14-9-7-13(16)8-10-14;/h7-10H,5-6,11-12H2,1-4H3;1H. The van der Waals surface area contributed by atoms with Crippen molar-refractivity contribution in [3.05, 3.63) is 30.1 Å². The summed E-state index contributed by atoms with van der Waals surface area (Å²) in [6.07, 6.45) is 1.89. The first kappa shape index (κ1) is 19.9. The molecular weight excluding hydrogens is 384 g/mol. The van der Waals surface area contributed by atoms with Crippen LogP contribution in [0.5, 0.6) is 5.75 Å². The third kappa shape index (κ3) is 8.08. The Hall–Kier alpha value is -1.05. The molecule has 120 valence electrons. The highest BCUT2D eigenvalue weighted by Gasteiger charge is 2.02. The molecule has 1 aromatic carbocycles. The molecule has 0 aliphatic rings. The summed E-state index contributed by atoms with van der Waals surface area (Å²) < 4.78 is 18.2. The summed E-state index contributed by atoms with van der Waals surface area (Å²) >= 11 is 0. The van der Waals surface area contributed by atoms with Gasteiger partial charge in [0.1, 0.15) is 11.6 Å². The molecule has 0 fully saturated rings. The van der Waals surface area contributed by atoms with E-state index in [9.17, 15) is 4.39 Å². The van der Waals surface area contributed by atoms with E-state index in [0.29, 0.717) is 12.4 Å². The van der Waals surface area contributed by atoms with Gasteiger partial charge in [0.05, 0.1) is 6.61 Å². The number of hydrogen-bond acceptors (Lipinski definition) is 2. The smallest absolute Gasteiger partial charge is 0.195 e. The van der Waals surface area contributed by atoms with E-state index in [1.165, 1.54) is 12.1 Å². The van der Waals surface area contributed by atoms with Crippen LogP contribution in [0.25, 0.3) is 0 Å². The summed E-state index contributed by atoms with van der Waals surface area (Å²) in [6.45, 7) is 1.40. The number of rotatable bonds is 6. The predicted octanol–water partition coefficient (Wildman–Crippen LogP) is 3.08. The second kappa shape index (κ2) is 10.6. The third-order valence-electron chi connectivity index (χ3n) is 2.69. The number of aliphatic imine (C=N–C) groups is 1. The van der Waals surface area contributed by atoms with Crippen LogP contribution in [-0.2, 0) is 0 Å². The van der Waals surface area contributed by atoms with Crippen molar-refractivity contribution in [2.24, 2.45) is 4.99 Å². The highest BCUT2D eigenvalue weighted by Crippen LogP contribution is 2.11. The SMILES string of the molecule is CN(C)C(=NCCCCOc1ccc(F)cc1)N(C)C.I. The van der Waals surface area contributed by atoms with E-state index in [4.69, 9.17) is 4.74 Å². The molecule has 4 nitrogen and oxygen atoms in total. The molecule has 0 spiro atoms. The Morgan fingerprint density at radius 1 is 1.05 bits per heavy atom. The van der Waals surface area contributed by atoms with Crippen LogP contribution in [0.2, 0.25) is 0 Å². The summed E-state index contributed by atoms with van der Waals surface area (Å²) in [4.78, 5) is 8.53. The molecule has 0 amide bonds. The Labute approximate surface area is 144 Å². The first-order valence-electron chi connectivity index (χ1n) is 6.78. The normalized spacial score (nSPS) is 9.57. The first-order chi connectivity index (χ1) is 9.50. The van der Waals surface area contributed by atoms with Crippen molar-refractivity contribution in [3.8, 4) is 5.75 Å². The van der Waals surface area contributed by atoms with E-state index in [2.05, 4.69) is 4.99 Å². The predicted molar refractivity (Wildman–Crippen MR) is 96.2 cm³/mol. The fourth-order valence-corrected chi connectivity index (χ4v) is 1.80. The minimum Gasteiger partial charge on any atom is -0.494 e. The monoisotopic (exact) mass is 409 g/mol. The lowest BCUT2D eigenvalue weighted by Crippen LogP contribution is -2.35. The van der Waals surface area contributed by atoms with Crippen molar-refractivity contribution in [1.82, 2.24) is 9.80 Å². The van der Waals surface area contributed by atoms with Gasteiger partial charge in [0.25, 0.3) is 0 Å². The average Bonchev–Trinajstić information content (AvgIpc) is 2.39. The Balaban J connectivity index is 0.00000400. The van der Waals surface area contributed by atoms with Gasteiger partial charge in [-0.1, -0.05) is 0 Å². The van der Waals surface area contributed by atoms with Crippen molar-refractivity contribution >= 4 is 29.9 Å². The van der Waals surface area contributed by atoms with Crippen molar-refractivity contribution in [1.29, 1.82) is 0 Å². The molecule has 0 saturated heterocycles. The molecule has 0 aliphatic carbocycles. The Kier molecular flexibility index (Phi) is 10.1. The minimum absolute atomic E-state index is 0. The van der Waals surface area contributed by atoms with Gasteiger partial charge < -0.3 is 14.5 Å². The van der Waals surface area contributed by atoms with Gasteiger partial charge in [0.15, 0.2) is 5.96 Å². The number of guanidine groups is 1. The molecule has 6 heteroatoms. The Morgan fingerprint density at radius 2 is 1.62 bits per heavy atom. The maximum Gasteiger partial charge on any atom is 0.195 e. The summed E-state index contributed by atoms with van der Waals surface area (Å²) in [7, 11) is 7.93. The third-order valence-corrected chi connectivity index (χ3v) is 2.69. The second-order valence-corrected chi connectivity index (χ2v) is 4.98. The topological polar surface area (TPSA) is 28.1 Å². The van der Waals surface area contributed by atoms with Crippen LogP contribution in [0, 0.1) is 5.82 Å². The minimum atomic E-state index is -0.244. The maximum absolute atomic E-state index is 12.7. The molecule has 0 aromatic heterocycles. The zero-order valence-electron chi connectivity index (χ0n) is 13.2. The van der Waals surface area contributed by atoms with Gasteiger partial charge in [-0.3, -0.25) is 4.99 Å². The number of benzene rings is 1. The molecule has 0 bridgehead atoms. The molecule has 1 rings (SSSR count). The van der Waals surface area contributed by atoms with Gasteiger partial charge in [-0.15, -0.1) is 24.0 Å². The van der Waals surface area contributed by atoms with Crippen molar-refractivity contribution in [2.75, 3.05) is 41.3 Å². The second-order valence-electron chi connectivity index (χ2n) is 4.98. The number of ether oxygens (including phenoxy) is 1. The summed E-state index contributed by atoms with van der Waals surface area (Å²) in [5.74, 6) is 1.42. The molecule has 0 N–H and O–H groups in total. The van der Waals surface area contributed by atoms with Gasteiger partial charge in [-0.25, -0.2) is 4.39 Å². The molecule has 0 aliphatic heterocycles. The lowest BCUT2D eigenvalue weighted by Gasteiger charge is -2.22.